The summed E-state index contributed by atoms with van der Waals surface area (Å²) in [6, 6.07) is 16.5. The molecule has 0 saturated carbocycles. The molecule has 0 aromatic heterocycles. The lowest BCUT2D eigenvalue weighted by atomic mass is 10.2. The Morgan fingerprint density at radius 1 is 0.957 bits per heavy atom. The monoisotopic (exact) mass is 332 g/mol. The van der Waals surface area contributed by atoms with Gasteiger partial charge in [-0.3, -0.25) is 0 Å². The minimum Gasteiger partial charge on any atom is -0.378 e. The summed E-state index contributed by atoms with van der Waals surface area (Å²) in [7, 11) is -3.50. The van der Waals surface area contributed by atoms with Crippen LogP contribution in [-0.2, 0) is 21.3 Å². The van der Waals surface area contributed by atoms with E-state index in [0.29, 0.717) is 13.2 Å². The van der Waals surface area contributed by atoms with E-state index in [2.05, 4.69) is 9.62 Å². The van der Waals surface area contributed by atoms with Crippen molar-refractivity contribution in [1.82, 2.24) is 4.72 Å². The molecule has 1 aliphatic heterocycles. The van der Waals surface area contributed by atoms with E-state index in [1.54, 1.807) is 12.1 Å². The zero-order valence-electron chi connectivity index (χ0n) is 12.8. The lowest BCUT2D eigenvalue weighted by Gasteiger charge is -2.28. The van der Waals surface area contributed by atoms with Gasteiger partial charge in [-0.2, -0.15) is 0 Å². The minimum absolute atomic E-state index is 0.283. The topological polar surface area (TPSA) is 58.6 Å². The number of sulfonamides is 1. The molecule has 1 saturated heterocycles. The van der Waals surface area contributed by atoms with Crippen LogP contribution in [0.25, 0.3) is 0 Å². The number of ether oxygens (including phenoxy) is 1. The van der Waals surface area contributed by atoms with Gasteiger partial charge in [-0.1, -0.05) is 30.3 Å². The third-order valence-electron chi connectivity index (χ3n) is 3.83. The molecule has 0 radical (unpaired) electrons. The van der Waals surface area contributed by atoms with Gasteiger partial charge in [0, 0.05) is 25.3 Å². The van der Waals surface area contributed by atoms with Crippen molar-refractivity contribution >= 4 is 15.7 Å². The molecule has 6 heteroatoms. The van der Waals surface area contributed by atoms with Gasteiger partial charge < -0.3 is 9.64 Å². The predicted molar refractivity (Wildman–Crippen MR) is 89.9 cm³/mol. The maximum atomic E-state index is 12.3. The first kappa shape index (κ1) is 16.0. The number of hydrogen-bond donors (Lipinski definition) is 1. The average Bonchev–Trinajstić information content (AvgIpc) is 2.62. The first-order valence-corrected chi connectivity index (χ1v) is 9.10. The van der Waals surface area contributed by atoms with Crippen LogP contribution in [0.15, 0.2) is 59.5 Å². The molecule has 1 N–H and O–H groups in total. The van der Waals surface area contributed by atoms with Crippen molar-refractivity contribution in [3.05, 3.63) is 60.2 Å². The van der Waals surface area contributed by atoms with Crippen LogP contribution in [0.5, 0.6) is 0 Å². The first-order valence-electron chi connectivity index (χ1n) is 7.61. The fourth-order valence-corrected chi connectivity index (χ4v) is 3.53. The Balaban J connectivity index is 1.67. The molecule has 0 amide bonds. The van der Waals surface area contributed by atoms with Crippen LogP contribution in [-0.4, -0.2) is 34.7 Å². The summed E-state index contributed by atoms with van der Waals surface area (Å²) in [4.78, 5) is 2.47. The highest BCUT2D eigenvalue weighted by Gasteiger charge is 2.15. The van der Waals surface area contributed by atoms with Gasteiger partial charge in [-0.25, -0.2) is 13.1 Å². The molecule has 23 heavy (non-hydrogen) atoms. The van der Waals surface area contributed by atoms with Crippen molar-refractivity contribution in [1.29, 1.82) is 0 Å². The summed E-state index contributed by atoms with van der Waals surface area (Å²) in [5.74, 6) is 0. The molecule has 0 atom stereocenters. The second kappa shape index (κ2) is 7.12. The summed E-state index contributed by atoms with van der Waals surface area (Å²) in [5.41, 5.74) is 1.95. The fourth-order valence-electron chi connectivity index (χ4n) is 2.52. The number of benzene rings is 2. The maximum absolute atomic E-state index is 12.3. The Hall–Kier alpha value is -1.89. The van der Waals surface area contributed by atoms with Crippen LogP contribution >= 0.6 is 0 Å². The zero-order chi connectivity index (χ0) is 16.1. The molecule has 0 bridgehead atoms. The third-order valence-corrected chi connectivity index (χ3v) is 5.25. The molecule has 2 aromatic rings. The number of morpholine rings is 1. The molecule has 2 aromatic carbocycles. The van der Waals surface area contributed by atoms with Crippen LogP contribution < -0.4 is 9.62 Å². The lowest BCUT2D eigenvalue weighted by Crippen LogP contribution is -2.36. The van der Waals surface area contributed by atoms with Crippen molar-refractivity contribution in [2.75, 3.05) is 31.2 Å². The van der Waals surface area contributed by atoms with Gasteiger partial charge >= 0.3 is 0 Å². The normalized spacial score (nSPS) is 15.6. The molecule has 5 nitrogen and oxygen atoms in total. The summed E-state index contributed by atoms with van der Waals surface area (Å²) >= 11 is 0. The molecule has 0 spiro atoms. The third kappa shape index (κ3) is 4.10. The molecule has 0 unspecified atom stereocenters. The van der Waals surface area contributed by atoms with E-state index >= 15 is 0 Å². The molecule has 1 heterocycles. The molecule has 1 aliphatic rings. The van der Waals surface area contributed by atoms with Gasteiger partial charge in [0.1, 0.15) is 0 Å². The van der Waals surface area contributed by atoms with Crippen molar-refractivity contribution < 1.29 is 13.2 Å². The summed E-state index contributed by atoms with van der Waals surface area (Å²) in [6.45, 7) is 3.36. The Labute approximate surface area is 136 Å². The van der Waals surface area contributed by atoms with Crippen molar-refractivity contribution in [3.63, 3.8) is 0 Å². The van der Waals surface area contributed by atoms with Gasteiger partial charge in [0.05, 0.1) is 18.1 Å². The SMILES string of the molecule is O=S(=O)(NCc1ccccc1)c1ccc(N2CCOCC2)cc1. The number of anilines is 1. The highest BCUT2D eigenvalue weighted by molar-refractivity contribution is 7.89. The highest BCUT2D eigenvalue weighted by atomic mass is 32.2. The maximum Gasteiger partial charge on any atom is 0.240 e. The Kier molecular flexibility index (Phi) is 4.95. The van der Waals surface area contributed by atoms with E-state index in [9.17, 15) is 8.42 Å². The summed E-state index contributed by atoms with van der Waals surface area (Å²) in [6.07, 6.45) is 0. The van der Waals surface area contributed by atoms with Crippen LogP contribution in [0, 0.1) is 0 Å². The molecule has 1 fully saturated rings. The predicted octanol–water partition coefficient (Wildman–Crippen LogP) is 2.00. The number of nitrogens with one attached hydrogen (secondary N) is 1. The van der Waals surface area contributed by atoms with E-state index < -0.39 is 10.0 Å². The van der Waals surface area contributed by atoms with E-state index in [1.165, 1.54) is 0 Å². The second-order valence-corrected chi connectivity index (χ2v) is 7.17. The van der Waals surface area contributed by atoms with Gasteiger partial charge in [0.15, 0.2) is 0 Å². The largest absolute Gasteiger partial charge is 0.378 e. The molecule has 122 valence electrons. The first-order chi connectivity index (χ1) is 11.1. The van der Waals surface area contributed by atoms with Crippen LogP contribution in [0.1, 0.15) is 5.56 Å². The Bertz CT molecular complexity index is 724. The van der Waals surface area contributed by atoms with Gasteiger partial charge in [-0.05, 0) is 29.8 Å². The van der Waals surface area contributed by atoms with Crippen molar-refractivity contribution in [2.24, 2.45) is 0 Å². The van der Waals surface area contributed by atoms with Gasteiger partial charge in [0.2, 0.25) is 10.0 Å². The fraction of sp³-hybridized carbons (Fsp3) is 0.294. The van der Waals surface area contributed by atoms with Gasteiger partial charge in [0.25, 0.3) is 0 Å². The summed E-state index contributed by atoms with van der Waals surface area (Å²) in [5, 5.41) is 0. The molecule has 0 aliphatic carbocycles. The minimum atomic E-state index is -3.50. The second-order valence-electron chi connectivity index (χ2n) is 5.40. The van der Waals surface area contributed by atoms with Gasteiger partial charge in [-0.15, -0.1) is 0 Å². The van der Waals surface area contributed by atoms with E-state index in [-0.39, 0.29) is 11.4 Å². The quantitative estimate of drug-likeness (QED) is 0.910. The molecular formula is C17H20N2O3S. The Morgan fingerprint density at radius 2 is 1.61 bits per heavy atom. The van der Waals surface area contributed by atoms with Crippen molar-refractivity contribution in [3.8, 4) is 0 Å². The molecule has 3 rings (SSSR count). The zero-order valence-corrected chi connectivity index (χ0v) is 13.6. The van der Waals surface area contributed by atoms with Crippen molar-refractivity contribution in [2.45, 2.75) is 11.4 Å². The van der Waals surface area contributed by atoms with Crippen LogP contribution in [0.2, 0.25) is 0 Å². The highest BCUT2D eigenvalue weighted by Crippen LogP contribution is 2.19. The Morgan fingerprint density at radius 3 is 2.26 bits per heavy atom. The average molecular weight is 332 g/mol. The standard InChI is InChI=1S/C17H20N2O3S/c20-23(21,18-14-15-4-2-1-3-5-15)17-8-6-16(7-9-17)19-10-12-22-13-11-19/h1-9,18H,10-14H2. The van der Waals surface area contributed by atoms with E-state index in [0.717, 1.165) is 24.3 Å². The smallest absolute Gasteiger partial charge is 0.240 e. The van der Waals surface area contributed by atoms with Crippen LogP contribution in [0.3, 0.4) is 0 Å². The van der Waals surface area contributed by atoms with Crippen LogP contribution in [0.4, 0.5) is 5.69 Å². The number of hydrogen-bond acceptors (Lipinski definition) is 4. The molecular weight excluding hydrogens is 312 g/mol. The number of nitrogens with zero attached hydrogens (tertiary/aromatic N) is 1. The lowest BCUT2D eigenvalue weighted by molar-refractivity contribution is 0.122. The number of rotatable bonds is 5. The van der Waals surface area contributed by atoms with E-state index in [1.807, 2.05) is 42.5 Å². The van der Waals surface area contributed by atoms with E-state index in [4.69, 9.17) is 4.74 Å². The summed E-state index contributed by atoms with van der Waals surface area (Å²) < 4.78 is 32.7.